The molecule has 0 aliphatic heterocycles. The minimum Gasteiger partial charge on any atom is -0.309 e. The van der Waals surface area contributed by atoms with Crippen molar-refractivity contribution in [3.8, 4) is 33.4 Å². The third-order valence-electron chi connectivity index (χ3n) is 13.0. The van der Waals surface area contributed by atoms with E-state index in [0.29, 0.717) is 0 Å². The third kappa shape index (κ3) is 7.21. The van der Waals surface area contributed by atoms with Gasteiger partial charge in [-0.25, -0.2) is 0 Å². The van der Waals surface area contributed by atoms with Gasteiger partial charge in [0.2, 0.25) is 0 Å². The summed E-state index contributed by atoms with van der Waals surface area (Å²) in [6.45, 7) is 0. The second kappa shape index (κ2) is 17.5. The van der Waals surface area contributed by atoms with E-state index in [-0.39, 0.29) is 0 Å². The van der Waals surface area contributed by atoms with Gasteiger partial charge in [0.05, 0.1) is 10.4 Å². The van der Waals surface area contributed by atoms with Crippen molar-refractivity contribution in [2.24, 2.45) is 0 Å². The number of hydrogen-bond donors (Lipinski definition) is 0. The molecule has 3 heteroatoms. The first-order valence-corrected chi connectivity index (χ1v) is 25.3. The van der Waals surface area contributed by atoms with E-state index < -0.39 is 10.0 Å². The Morgan fingerprint density at radius 2 is 0.716 bits per heavy atom. The van der Waals surface area contributed by atoms with Crippen molar-refractivity contribution in [1.82, 2.24) is 0 Å². The van der Waals surface area contributed by atoms with E-state index in [2.05, 4.69) is 278 Å². The van der Waals surface area contributed by atoms with Crippen LogP contribution in [0.5, 0.6) is 0 Å². The van der Waals surface area contributed by atoms with E-state index in [4.69, 9.17) is 0 Å². The lowest BCUT2D eigenvalue weighted by molar-refractivity contribution is 1.24. The maximum absolute atomic E-state index is 2.45. The summed E-state index contributed by atoms with van der Waals surface area (Å²) in [4.78, 5) is 7.69. The molecule has 1 heterocycles. The van der Waals surface area contributed by atoms with E-state index in [1.54, 1.807) is 0 Å². The van der Waals surface area contributed by atoms with Crippen LogP contribution in [0, 0.1) is 0 Å². The number of thiophene rings is 1. The summed E-state index contributed by atoms with van der Waals surface area (Å²) in [5, 5.41) is 5.05. The van der Waals surface area contributed by atoms with E-state index in [9.17, 15) is 0 Å². The molecule has 0 N–H and O–H groups in total. The van der Waals surface area contributed by atoms with Crippen molar-refractivity contribution in [3.63, 3.8) is 0 Å². The number of rotatable bonds is 10. The normalized spacial score (nSPS) is 11.8. The van der Waals surface area contributed by atoms with Gasteiger partial charge in [-0.05, 0) is 123 Å². The number of anilines is 3. The lowest BCUT2D eigenvalue weighted by Crippen LogP contribution is -2.10. The molecule has 318 valence electrons. The SMILES string of the molecule is c1ccc(-c2cccc3c2sc2c(N(c4ccc(-c5cccc(S(c6ccccc6)(c6ccccc6)c6ccccc6)c5)cc4)c4ccc(-c5cccc6ccccc56)cc4)cccc23)cc1. The molecule has 0 amide bonds. The molecule has 0 saturated carbocycles. The Labute approximate surface area is 397 Å². The molecule has 0 unspecified atom stereocenters. The topological polar surface area (TPSA) is 3.24 Å². The predicted octanol–water partition coefficient (Wildman–Crippen LogP) is 19.0. The zero-order valence-electron chi connectivity index (χ0n) is 36.7. The van der Waals surface area contributed by atoms with Gasteiger partial charge in [0.15, 0.2) is 0 Å². The van der Waals surface area contributed by atoms with E-state index in [0.717, 1.165) is 17.1 Å². The van der Waals surface area contributed by atoms with Gasteiger partial charge in [0.1, 0.15) is 0 Å². The Bertz CT molecular complexity index is 3560. The molecule has 11 aromatic carbocycles. The second-order valence-electron chi connectivity index (χ2n) is 16.8. The van der Waals surface area contributed by atoms with Gasteiger partial charge in [0, 0.05) is 46.4 Å². The molecule has 0 saturated heterocycles. The molecule has 1 nitrogen and oxygen atoms in total. The summed E-state index contributed by atoms with van der Waals surface area (Å²) in [5.74, 6) is 0. The van der Waals surface area contributed by atoms with Crippen molar-refractivity contribution in [1.29, 1.82) is 0 Å². The highest BCUT2D eigenvalue weighted by Crippen LogP contribution is 2.73. The quantitative estimate of drug-likeness (QED) is 0.132. The zero-order valence-corrected chi connectivity index (χ0v) is 38.4. The fourth-order valence-electron chi connectivity index (χ4n) is 9.88. The average Bonchev–Trinajstić information content (AvgIpc) is 3.80. The monoisotopic (exact) mass is 891 g/mol. The minimum absolute atomic E-state index is 1.10. The Hall–Kier alpha value is -7.95. The summed E-state index contributed by atoms with van der Waals surface area (Å²) in [5.41, 5.74) is 10.7. The fraction of sp³-hybridized carbons (Fsp3) is 0. The number of fused-ring (bicyclic) bond motifs is 4. The highest BCUT2D eigenvalue weighted by molar-refractivity contribution is 8.34. The first-order chi connectivity index (χ1) is 33.2. The molecule has 1 aromatic heterocycles. The highest BCUT2D eigenvalue weighted by atomic mass is 32.3. The third-order valence-corrected chi connectivity index (χ3v) is 18.2. The highest BCUT2D eigenvalue weighted by Gasteiger charge is 2.33. The molecule has 12 rings (SSSR count). The summed E-state index contributed by atoms with van der Waals surface area (Å²) in [6, 6.07) is 100. The first kappa shape index (κ1) is 40.6. The van der Waals surface area contributed by atoms with Crippen LogP contribution in [-0.4, -0.2) is 0 Å². The standard InChI is InChI=1S/C64H45NS2/c1-5-19-48(20-6-1)59-33-17-34-60-61-35-18-36-62(64(61)66-63(59)60)65(52-43-39-49(40-44-52)58-32-16-22-47-21-13-14-31-57(47)58)51-41-37-46(38-42-51)50-23-15-30-56(45-50)67(53-24-7-2-8-25-53,54-26-9-3-10-27-54)55-28-11-4-12-29-55/h1-45H. The smallest absolute Gasteiger partial charge is 0.0640 e. The van der Waals surface area contributed by atoms with Crippen LogP contribution in [0.3, 0.4) is 0 Å². The molecule has 0 radical (unpaired) electrons. The Balaban J connectivity index is 1.00. The molecular formula is C64H45NS2. The van der Waals surface area contributed by atoms with Crippen LogP contribution in [0.25, 0.3) is 64.3 Å². The van der Waals surface area contributed by atoms with Crippen LogP contribution in [0.4, 0.5) is 17.1 Å². The van der Waals surface area contributed by atoms with Gasteiger partial charge in [0.25, 0.3) is 0 Å². The van der Waals surface area contributed by atoms with Crippen molar-refractivity contribution >= 4 is 69.4 Å². The summed E-state index contributed by atoms with van der Waals surface area (Å²) < 4.78 is 2.56. The van der Waals surface area contributed by atoms with Crippen molar-refractivity contribution in [3.05, 3.63) is 273 Å². The minimum atomic E-state index is -1.83. The lowest BCUT2D eigenvalue weighted by Gasteiger charge is -2.42. The molecule has 67 heavy (non-hydrogen) atoms. The molecule has 0 aliphatic carbocycles. The lowest BCUT2D eigenvalue weighted by atomic mass is 9.98. The van der Waals surface area contributed by atoms with Gasteiger partial charge in [-0.15, -0.1) is 21.4 Å². The van der Waals surface area contributed by atoms with Crippen LogP contribution in [0.2, 0.25) is 0 Å². The Kier molecular flexibility index (Phi) is 10.6. The van der Waals surface area contributed by atoms with Crippen LogP contribution in [-0.2, 0) is 0 Å². The first-order valence-electron chi connectivity index (χ1n) is 22.8. The van der Waals surface area contributed by atoms with Gasteiger partial charge in [-0.1, -0.05) is 194 Å². The fourth-order valence-corrected chi connectivity index (χ4v) is 15.1. The number of nitrogens with zero attached hydrogens (tertiary/aromatic N) is 1. The molecule has 0 fully saturated rings. The summed E-state index contributed by atoms with van der Waals surface area (Å²) in [7, 11) is -1.83. The maximum atomic E-state index is 2.45. The zero-order chi connectivity index (χ0) is 44.6. The number of benzene rings is 11. The van der Waals surface area contributed by atoms with Gasteiger partial charge in [-0.3, -0.25) is 0 Å². The van der Waals surface area contributed by atoms with Crippen LogP contribution >= 0.6 is 21.4 Å². The van der Waals surface area contributed by atoms with Gasteiger partial charge < -0.3 is 4.90 Å². The molecule has 0 atom stereocenters. The predicted molar refractivity (Wildman–Crippen MR) is 288 cm³/mol. The van der Waals surface area contributed by atoms with Crippen LogP contribution < -0.4 is 4.90 Å². The number of hydrogen-bond acceptors (Lipinski definition) is 2. The molecule has 12 aromatic rings. The summed E-state index contributed by atoms with van der Waals surface area (Å²) in [6.07, 6.45) is 0. The molecular weight excluding hydrogens is 847 g/mol. The van der Waals surface area contributed by atoms with Gasteiger partial charge >= 0.3 is 0 Å². The van der Waals surface area contributed by atoms with E-state index in [1.807, 2.05) is 11.3 Å². The van der Waals surface area contributed by atoms with Crippen molar-refractivity contribution < 1.29 is 0 Å². The summed E-state index contributed by atoms with van der Waals surface area (Å²) >= 11 is 1.89. The second-order valence-corrected chi connectivity index (χ2v) is 21.0. The average molecular weight is 892 g/mol. The van der Waals surface area contributed by atoms with Crippen LogP contribution in [0.1, 0.15) is 0 Å². The van der Waals surface area contributed by atoms with E-state index >= 15 is 0 Å². The van der Waals surface area contributed by atoms with E-state index in [1.165, 1.54) is 83.9 Å². The molecule has 0 bridgehead atoms. The van der Waals surface area contributed by atoms with Gasteiger partial charge in [-0.2, -0.15) is 0 Å². The van der Waals surface area contributed by atoms with Crippen molar-refractivity contribution in [2.75, 3.05) is 4.90 Å². The molecule has 0 aliphatic rings. The Morgan fingerprint density at radius 1 is 0.284 bits per heavy atom. The maximum Gasteiger partial charge on any atom is 0.0640 e. The Morgan fingerprint density at radius 3 is 1.36 bits per heavy atom. The van der Waals surface area contributed by atoms with Crippen molar-refractivity contribution in [2.45, 2.75) is 19.6 Å². The molecule has 0 spiro atoms. The van der Waals surface area contributed by atoms with Crippen LogP contribution in [0.15, 0.2) is 293 Å². The largest absolute Gasteiger partial charge is 0.309 e.